The van der Waals surface area contributed by atoms with E-state index in [0.717, 1.165) is 43.9 Å². The predicted octanol–water partition coefficient (Wildman–Crippen LogP) is 5.78. The number of aliphatic carboxylic acids is 1. The molecule has 0 saturated heterocycles. The lowest BCUT2D eigenvalue weighted by Crippen LogP contribution is -2.43. The van der Waals surface area contributed by atoms with E-state index in [1.807, 2.05) is 0 Å². The third kappa shape index (κ3) is 4.97. The summed E-state index contributed by atoms with van der Waals surface area (Å²) in [5.74, 6) is 0.942. The molecule has 2 aromatic carbocycles. The quantitative estimate of drug-likeness (QED) is 0.635. The van der Waals surface area contributed by atoms with Crippen LogP contribution in [0.2, 0.25) is 0 Å². The molecule has 0 aromatic heterocycles. The Morgan fingerprint density at radius 1 is 1.03 bits per heavy atom. The van der Waals surface area contributed by atoms with Crippen LogP contribution in [0.15, 0.2) is 36.4 Å². The molecule has 0 spiro atoms. The van der Waals surface area contributed by atoms with Gasteiger partial charge in [-0.15, -0.1) is 0 Å². The minimum Gasteiger partial charge on any atom is -0.490 e. The van der Waals surface area contributed by atoms with Gasteiger partial charge in [-0.3, -0.25) is 4.79 Å². The summed E-state index contributed by atoms with van der Waals surface area (Å²) in [4.78, 5) is 10.9. The first-order chi connectivity index (χ1) is 14.3. The van der Waals surface area contributed by atoms with Crippen molar-refractivity contribution < 1.29 is 14.6 Å². The molecule has 2 N–H and O–H groups in total. The summed E-state index contributed by atoms with van der Waals surface area (Å²) in [6.07, 6.45) is 6.62. The molecule has 2 aliphatic carbocycles. The highest BCUT2D eigenvalue weighted by Gasteiger charge is 2.34. The number of fused-ring (bicyclic) bond motifs is 1. The molecule has 30 heavy (non-hydrogen) atoms. The van der Waals surface area contributed by atoms with E-state index in [9.17, 15) is 4.79 Å². The molecule has 0 atom stereocenters. The number of carboxylic acids is 1. The molecule has 4 heteroatoms. The van der Waals surface area contributed by atoms with Gasteiger partial charge < -0.3 is 15.2 Å². The Morgan fingerprint density at radius 2 is 1.70 bits per heavy atom. The number of hydrogen-bond acceptors (Lipinski definition) is 3. The highest BCUT2D eigenvalue weighted by atomic mass is 16.5. The number of nitrogens with one attached hydrogen (secondary N) is 1. The first-order valence-electron chi connectivity index (χ1n) is 11.4. The fraction of sp³-hybridized carbons (Fsp3) is 0.577. The van der Waals surface area contributed by atoms with Gasteiger partial charge in [0.2, 0.25) is 0 Å². The highest BCUT2D eigenvalue weighted by molar-refractivity contribution is 5.84. The van der Waals surface area contributed by atoms with Gasteiger partial charge in [0.1, 0.15) is 5.75 Å². The molecule has 0 unspecified atom stereocenters. The summed E-state index contributed by atoms with van der Waals surface area (Å²) >= 11 is 0. The van der Waals surface area contributed by atoms with Crippen molar-refractivity contribution in [2.75, 3.05) is 0 Å². The fourth-order valence-electron chi connectivity index (χ4n) is 4.94. The third-order valence-electron chi connectivity index (χ3n) is 7.16. The van der Waals surface area contributed by atoms with Crippen molar-refractivity contribution >= 4 is 16.7 Å². The van der Waals surface area contributed by atoms with E-state index >= 15 is 0 Å². The van der Waals surface area contributed by atoms with E-state index in [1.54, 1.807) is 0 Å². The van der Waals surface area contributed by atoms with Crippen LogP contribution >= 0.6 is 0 Å². The molecule has 2 saturated carbocycles. The second-order valence-corrected chi connectivity index (χ2v) is 10.4. The Hall–Kier alpha value is -2.07. The average molecular weight is 410 g/mol. The van der Waals surface area contributed by atoms with Gasteiger partial charge in [-0.05, 0) is 84.4 Å². The Balaban J connectivity index is 1.31. The Labute approximate surface area is 180 Å². The Kier molecular flexibility index (Phi) is 6.06. The zero-order chi connectivity index (χ0) is 21.3. The second-order valence-electron chi connectivity index (χ2n) is 10.4. The zero-order valence-corrected chi connectivity index (χ0v) is 18.5. The molecule has 2 aromatic rings. The molecule has 4 nitrogen and oxygen atoms in total. The van der Waals surface area contributed by atoms with Crippen molar-refractivity contribution in [2.24, 2.45) is 17.3 Å². The first kappa shape index (κ1) is 21.2. The number of carbonyl (C=O) groups is 1. The second kappa shape index (κ2) is 8.58. The van der Waals surface area contributed by atoms with Crippen LogP contribution < -0.4 is 10.1 Å². The van der Waals surface area contributed by atoms with Crippen LogP contribution in [0, 0.1) is 17.3 Å². The summed E-state index contributed by atoms with van der Waals surface area (Å²) in [5.41, 5.74) is 1.63. The molecule has 0 amide bonds. The number of carboxylic acid groups (broad SMARTS) is 1. The van der Waals surface area contributed by atoms with Crippen LogP contribution in [-0.2, 0) is 11.3 Å². The normalized spacial score (nSPS) is 26.9. The lowest BCUT2D eigenvalue weighted by atomic mass is 9.72. The zero-order valence-electron chi connectivity index (χ0n) is 18.5. The van der Waals surface area contributed by atoms with Crippen LogP contribution in [0.25, 0.3) is 10.8 Å². The van der Waals surface area contributed by atoms with Crippen molar-refractivity contribution in [1.29, 1.82) is 0 Å². The van der Waals surface area contributed by atoms with Gasteiger partial charge in [0.15, 0.2) is 0 Å². The van der Waals surface area contributed by atoms with E-state index in [1.165, 1.54) is 29.2 Å². The summed E-state index contributed by atoms with van der Waals surface area (Å²) in [6.45, 7) is 7.84. The van der Waals surface area contributed by atoms with Gasteiger partial charge in [0, 0.05) is 12.6 Å². The van der Waals surface area contributed by atoms with Crippen molar-refractivity contribution in [3.05, 3.63) is 42.0 Å². The topological polar surface area (TPSA) is 58.6 Å². The molecule has 2 fully saturated rings. The Bertz CT molecular complexity index is 887. The maximum absolute atomic E-state index is 10.9. The van der Waals surface area contributed by atoms with Crippen molar-refractivity contribution in [3.63, 3.8) is 0 Å². The van der Waals surface area contributed by atoms with Crippen molar-refractivity contribution in [3.8, 4) is 5.75 Å². The maximum Gasteiger partial charge on any atom is 0.306 e. The average Bonchev–Trinajstić information content (AvgIpc) is 2.66. The summed E-state index contributed by atoms with van der Waals surface area (Å²) in [5, 5.41) is 14.9. The maximum atomic E-state index is 10.9. The number of benzene rings is 2. The van der Waals surface area contributed by atoms with Crippen LogP contribution in [0.1, 0.15) is 64.9 Å². The van der Waals surface area contributed by atoms with Crippen LogP contribution in [0.5, 0.6) is 5.75 Å². The predicted molar refractivity (Wildman–Crippen MR) is 121 cm³/mol. The van der Waals surface area contributed by atoms with Crippen LogP contribution in [-0.4, -0.2) is 23.2 Å². The van der Waals surface area contributed by atoms with Gasteiger partial charge in [0.25, 0.3) is 0 Å². The summed E-state index contributed by atoms with van der Waals surface area (Å²) in [6, 6.07) is 13.3. The van der Waals surface area contributed by atoms with Gasteiger partial charge in [-0.1, -0.05) is 39.0 Å². The number of hydrogen-bond donors (Lipinski definition) is 2. The standard InChI is InChI=1S/C26H35NO3/c1-26(2,3)21-7-10-23(11-8-21)30-24-9-6-18-12-17(4-5-19(18)15-24)16-27-22-13-20(14-22)25(28)29/h4-6,9,12,15,20-23,27H,7-8,10-11,13-14,16H2,1-3H3,(H,28,29)/t20?,21-,22?,23-. The Morgan fingerprint density at radius 3 is 2.37 bits per heavy atom. The SMILES string of the molecule is CC(C)(C)[C@H]1CC[C@H](Oc2ccc3cc(CNC4CC(C(=O)O)C4)ccc3c2)CC1. The lowest BCUT2D eigenvalue weighted by molar-refractivity contribution is -0.145. The van der Waals surface area contributed by atoms with E-state index in [0.29, 0.717) is 17.6 Å². The highest BCUT2D eigenvalue weighted by Crippen LogP contribution is 2.39. The smallest absolute Gasteiger partial charge is 0.306 e. The number of rotatable bonds is 6. The van der Waals surface area contributed by atoms with Gasteiger partial charge in [-0.2, -0.15) is 0 Å². The molecule has 0 radical (unpaired) electrons. The third-order valence-corrected chi connectivity index (χ3v) is 7.16. The van der Waals surface area contributed by atoms with Crippen molar-refractivity contribution in [2.45, 2.75) is 78.0 Å². The van der Waals surface area contributed by atoms with Crippen LogP contribution in [0.3, 0.4) is 0 Å². The van der Waals surface area contributed by atoms with Crippen molar-refractivity contribution in [1.82, 2.24) is 5.32 Å². The van der Waals surface area contributed by atoms with Gasteiger partial charge in [0.05, 0.1) is 12.0 Å². The minimum absolute atomic E-state index is 0.166. The molecule has 4 rings (SSSR count). The monoisotopic (exact) mass is 409 g/mol. The summed E-state index contributed by atoms with van der Waals surface area (Å²) < 4.78 is 6.32. The molecular formula is C26H35NO3. The molecule has 0 bridgehead atoms. The minimum atomic E-state index is -0.668. The van der Waals surface area contributed by atoms with Gasteiger partial charge in [-0.25, -0.2) is 0 Å². The molecule has 0 heterocycles. The largest absolute Gasteiger partial charge is 0.490 e. The molecule has 162 valence electrons. The van der Waals surface area contributed by atoms with E-state index in [-0.39, 0.29) is 5.92 Å². The lowest BCUT2D eigenvalue weighted by Gasteiger charge is -2.37. The fourth-order valence-corrected chi connectivity index (χ4v) is 4.94. The molecule has 0 aliphatic heterocycles. The van der Waals surface area contributed by atoms with E-state index in [4.69, 9.17) is 9.84 Å². The number of ether oxygens (including phenoxy) is 1. The summed E-state index contributed by atoms with van der Waals surface area (Å²) in [7, 11) is 0. The van der Waals surface area contributed by atoms with Gasteiger partial charge >= 0.3 is 5.97 Å². The molecule has 2 aliphatic rings. The van der Waals surface area contributed by atoms with E-state index < -0.39 is 5.97 Å². The first-order valence-corrected chi connectivity index (χ1v) is 11.4. The van der Waals surface area contributed by atoms with E-state index in [2.05, 4.69) is 62.5 Å². The van der Waals surface area contributed by atoms with Crippen LogP contribution in [0.4, 0.5) is 0 Å². The molecular weight excluding hydrogens is 374 g/mol.